The lowest BCUT2D eigenvalue weighted by Crippen LogP contribution is -2.09. The van der Waals surface area contributed by atoms with Gasteiger partial charge in [-0.1, -0.05) is 23.8 Å². The largest absolute Gasteiger partial charge is 0.486 e. The highest BCUT2D eigenvalue weighted by molar-refractivity contribution is 7.80. The number of hydrogen-bond acceptors (Lipinski definition) is 4. The number of thiocarbonyl (C=S) groups is 1. The minimum atomic E-state index is 0.320. The minimum Gasteiger partial charge on any atom is -0.486 e. The fourth-order valence-electron chi connectivity index (χ4n) is 1.23. The quantitative estimate of drug-likeness (QED) is 0.877. The fourth-order valence-corrected chi connectivity index (χ4v) is 2.10. The van der Waals surface area contributed by atoms with Gasteiger partial charge < -0.3 is 10.5 Å². The van der Waals surface area contributed by atoms with E-state index < -0.39 is 0 Å². The van der Waals surface area contributed by atoms with Gasteiger partial charge >= 0.3 is 0 Å². The molecular formula is C11H9ClN2OS2. The second-order valence-corrected chi connectivity index (χ2v) is 5.08. The summed E-state index contributed by atoms with van der Waals surface area (Å²) in [5.41, 5.74) is 8.00. The second-order valence-electron chi connectivity index (χ2n) is 3.27. The van der Waals surface area contributed by atoms with Gasteiger partial charge in [-0.05, 0) is 18.2 Å². The SMILES string of the molecule is NC(=S)c1ccc(OCc2cncs2)c(Cl)c1. The van der Waals surface area contributed by atoms with Crippen molar-refractivity contribution in [2.45, 2.75) is 6.61 Å². The Kier molecular flexibility index (Phi) is 3.93. The molecule has 88 valence electrons. The Balaban J connectivity index is 2.09. The average molecular weight is 285 g/mol. The molecule has 0 fully saturated rings. The predicted octanol–water partition coefficient (Wildman–Crippen LogP) is 3.01. The first-order chi connectivity index (χ1) is 8.16. The molecule has 2 N–H and O–H groups in total. The van der Waals surface area contributed by atoms with Crippen molar-refractivity contribution < 1.29 is 4.74 Å². The van der Waals surface area contributed by atoms with Crippen molar-refractivity contribution in [1.29, 1.82) is 0 Å². The molecule has 0 saturated heterocycles. The van der Waals surface area contributed by atoms with Gasteiger partial charge in [0, 0.05) is 11.8 Å². The van der Waals surface area contributed by atoms with Crippen LogP contribution in [0.2, 0.25) is 5.02 Å². The number of aromatic nitrogens is 1. The van der Waals surface area contributed by atoms with E-state index in [0.717, 1.165) is 10.4 Å². The molecular weight excluding hydrogens is 276 g/mol. The van der Waals surface area contributed by atoms with Crippen LogP contribution in [0, 0.1) is 0 Å². The summed E-state index contributed by atoms with van der Waals surface area (Å²) < 4.78 is 5.57. The van der Waals surface area contributed by atoms with E-state index in [1.807, 2.05) is 0 Å². The number of nitrogens with two attached hydrogens (primary N) is 1. The molecule has 3 nitrogen and oxygen atoms in total. The first-order valence-corrected chi connectivity index (χ1v) is 6.43. The summed E-state index contributed by atoms with van der Waals surface area (Å²) in [7, 11) is 0. The zero-order valence-corrected chi connectivity index (χ0v) is 11.1. The van der Waals surface area contributed by atoms with Gasteiger partial charge in [-0.25, -0.2) is 0 Å². The molecule has 2 rings (SSSR count). The van der Waals surface area contributed by atoms with Crippen LogP contribution in [0.1, 0.15) is 10.4 Å². The summed E-state index contributed by atoms with van der Waals surface area (Å²) >= 11 is 12.5. The van der Waals surface area contributed by atoms with Gasteiger partial charge in [0.05, 0.1) is 15.4 Å². The topological polar surface area (TPSA) is 48.1 Å². The molecule has 0 unspecified atom stereocenters. The van der Waals surface area contributed by atoms with Crippen LogP contribution in [-0.2, 0) is 6.61 Å². The standard InChI is InChI=1S/C11H9ClN2OS2/c12-9-3-7(11(13)16)1-2-10(9)15-5-8-4-14-6-17-8/h1-4,6H,5H2,(H2,13,16). The van der Waals surface area contributed by atoms with Crippen LogP contribution in [-0.4, -0.2) is 9.97 Å². The van der Waals surface area contributed by atoms with Crippen molar-refractivity contribution >= 4 is 40.1 Å². The first-order valence-electron chi connectivity index (χ1n) is 4.76. The molecule has 17 heavy (non-hydrogen) atoms. The minimum absolute atomic E-state index is 0.320. The third-order valence-electron chi connectivity index (χ3n) is 2.07. The van der Waals surface area contributed by atoms with Gasteiger partial charge in [-0.2, -0.15) is 0 Å². The number of halogens is 1. The van der Waals surface area contributed by atoms with E-state index in [0.29, 0.717) is 22.4 Å². The van der Waals surface area contributed by atoms with E-state index in [9.17, 15) is 0 Å². The number of hydrogen-bond donors (Lipinski definition) is 1. The fraction of sp³-hybridized carbons (Fsp3) is 0.0909. The van der Waals surface area contributed by atoms with E-state index in [-0.39, 0.29) is 0 Å². The molecule has 1 heterocycles. The van der Waals surface area contributed by atoms with Crippen molar-refractivity contribution in [3.63, 3.8) is 0 Å². The Morgan fingerprint density at radius 1 is 1.53 bits per heavy atom. The molecule has 2 aromatic rings. The maximum Gasteiger partial charge on any atom is 0.138 e. The molecule has 0 aliphatic carbocycles. The Labute approximate surface area is 113 Å². The highest BCUT2D eigenvalue weighted by Crippen LogP contribution is 2.26. The van der Waals surface area contributed by atoms with Crippen molar-refractivity contribution in [3.8, 4) is 5.75 Å². The van der Waals surface area contributed by atoms with Crippen molar-refractivity contribution in [3.05, 3.63) is 45.4 Å². The first kappa shape index (κ1) is 12.3. The van der Waals surface area contributed by atoms with E-state index in [4.69, 9.17) is 34.3 Å². The lowest BCUT2D eigenvalue weighted by atomic mass is 10.2. The highest BCUT2D eigenvalue weighted by atomic mass is 35.5. The molecule has 6 heteroatoms. The third-order valence-corrected chi connectivity index (χ3v) is 3.35. The maximum absolute atomic E-state index is 6.06. The molecule has 0 aliphatic heterocycles. The van der Waals surface area contributed by atoms with E-state index >= 15 is 0 Å². The van der Waals surface area contributed by atoms with Crippen molar-refractivity contribution in [2.75, 3.05) is 0 Å². The molecule has 0 atom stereocenters. The number of thiazole rings is 1. The molecule has 0 spiro atoms. The molecule has 1 aromatic heterocycles. The van der Waals surface area contributed by atoms with E-state index in [1.54, 1.807) is 29.9 Å². The Bertz CT molecular complexity index is 528. The zero-order chi connectivity index (χ0) is 12.3. The van der Waals surface area contributed by atoms with E-state index in [1.165, 1.54) is 11.3 Å². The summed E-state index contributed by atoms with van der Waals surface area (Å²) in [5, 5.41) is 0.500. The number of benzene rings is 1. The molecule has 0 bridgehead atoms. The van der Waals surface area contributed by atoms with Crippen LogP contribution in [0.25, 0.3) is 0 Å². The van der Waals surface area contributed by atoms with Crippen molar-refractivity contribution in [1.82, 2.24) is 4.98 Å². The van der Waals surface area contributed by atoms with Crippen LogP contribution < -0.4 is 10.5 Å². The third kappa shape index (κ3) is 3.15. The summed E-state index contributed by atoms with van der Waals surface area (Å²) in [6, 6.07) is 5.25. The molecule has 0 saturated carbocycles. The second kappa shape index (κ2) is 5.44. The summed E-state index contributed by atoms with van der Waals surface area (Å²) in [4.78, 5) is 5.33. The molecule has 0 radical (unpaired) electrons. The van der Waals surface area contributed by atoms with Gasteiger partial charge in [0.1, 0.15) is 17.3 Å². The summed E-state index contributed by atoms with van der Waals surface area (Å²) in [6.45, 7) is 0.455. The zero-order valence-electron chi connectivity index (χ0n) is 8.72. The predicted molar refractivity (Wildman–Crippen MR) is 73.8 cm³/mol. The van der Waals surface area contributed by atoms with E-state index in [2.05, 4.69) is 4.98 Å². The summed E-state index contributed by atoms with van der Waals surface area (Å²) in [5.74, 6) is 0.611. The van der Waals surface area contributed by atoms with Crippen LogP contribution in [0.15, 0.2) is 29.9 Å². The van der Waals surface area contributed by atoms with Crippen molar-refractivity contribution in [2.24, 2.45) is 5.73 Å². The average Bonchev–Trinajstić information content (AvgIpc) is 2.80. The van der Waals surface area contributed by atoms with Crippen LogP contribution in [0.5, 0.6) is 5.75 Å². The lowest BCUT2D eigenvalue weighted by molar-refractivity contribution is 0.310. The maximum atomic E-state index is 6.06. The Hall–Kier alpha value is -1.17. The van der Waals surface area contributed by atoms with Gasteiger partial charge in [-0.3, -0.25) is 4.98 Å². The summed E-state index contributed by atoms with van der Waals surface area (Å²) in [6.07, 6.45) is 1.77. The van der Waals surface area contributed by atoms with Crippen LogP contribution in [0.3, 0.4) is 0 Å². The highest BCUT2D eigenvalue weighted by Gasteiger charge is 2.05. The van der Waals surface area contributed by atoms with Gasteiger partial charge in [0.2, 0.25) is 0 Å². The number of rotatable bonds is 4. The normalized spacial score (nSPS) is 10.2. The van der Waals surface area contributed by atoms with Gasteiger partial charge in [0.25, 0.3) is 0 Å². The smallest absolute Gasteiger partial charge is 0.138 e. The van der Waals surface area contributed by atoms with Gasteiger partial charge in [0.15, 0.2) is 0 Å². The molecule has 0 amide bonds. The lowest BCUT2D eigenvalue weighted by Gasteiger charge is -2.07. The Morgan fingerprint density at radius 3 is 2.94 bits per heavy atom. The molecule has 1 aromatic carbocycles. The van der Waals surface area contributed by atoms with Crippen LogP contribution >= 0.6 is 35.2 Å². The number of nitrogens with zero attached hydrogens (tertiary/aromatic N) is 1. The molecule has 0 aliphatic rings. The number of ether oxygens (including phenoxy) is 1. The Morgan fingerprint density at radius 2 is 2.35 bits per heavy atom. The van der Waals surface area contributed by atoms with Crippen LogP contribution in [0.4, 0.5) is 0 Å². The van der Waals surface area contributed by atoms with Gasteiger partial charge in [-0.15, -0.1) is 11.3 Å². The monoisotopic (exact) mass is 284 g/mol.